The molecule has 6 aromatic rings. The molecule has 0 atom stereocenters. The van der Waals surface area contributed by atoms with Gasteiger partial charge in [0.15, 0.2) is 0 Å². The molecule has 4 heterocycles. The Hall–Kier alpha value is -4.80. The standard InChI is InChI=1S/C41H33BN2Si/c1-41(2)30-17-8-9-20-33(30)43-35-25-27(26-14-6-5-7-15-26)24-29-28-16-12-23-37-39(28)44(34-21-10-11-22-36(34)45(37,3)4)42(38(29)35)32-19-13-18-31(41)40(32)43/h5-25H,1-4H3. The first-order chi connectivity index (χ1) is 21.9. The fourth-order valence-corrected chi connectivity index (χ4v) is 12.1. The van der Waals surface area contributed by atoms with E-state index in [9.17, 15) is 0 Å². The first-order valence-electron chi connectivity index (χ1n) is 16.2. The van der Waals surface area contributed by atoms with Gasteiger partial charge in [-0.1, -0.05) is 130 Å². The zero-order valence-electron chi connectivity index (χ0n) is 26.1. The second-order valence-electron chi connectivity index (χ2n) is 14.2. The third kappa shape index (κ3) is 3.06. The highest BCUT2D eigenvalue weighted by Gasteiger charge is 2.52. The third-order valence-electron chi connectivity index (χ3n) is 11.2. The second kappa shape index (κ2) is 8.47. The Balaban J connectivity index is 1.40. The summed E-state index contributed by atoms with van der Waals surface area (Å²) in [6.45, 7) is 9.95. The third-order valence-corrected chi connectivity index (χ3v) is 14.7. The molecular formula is C41H33BN2Si. The van der Waals surface area contributed by atoms with Crippen molar-refractivity contribution >= 4 is 64.7 Å². The Labute approximate surface area is 266 Å². The molecule has 0 aromatic heterocycles. The Kier molecular flexibility index (Phi) is 4.80. The molecule has 0 amide bonds. The maximum atomic E-state index is 2.73. The lowest BCUT2D eigenvalue weighted by Crippen LogP contribution is -2.69. The molecule has 0 fully saturated rings. The normalized spacial score (nSPS) is 16.7. The Bertz CT molecular complexity index is 2250. The van der Waals surface area contributed by atoms with Crippen molar-refractivity contribution in [2.75, 3.05) is 9.71 Å². The van der Waals surface area contributed by atoms with E-state index in [-0.39, 0.29) is 12.3 Å². The lowest BCUT2D eigenvalue weighted by molar-refractivity contribution is 0.632. The molecule has 45 heavy (non-hydrogen) atoms. The van der Waals surface area contributed by atoms with Crippen molar-refractivity contribution in [1.82, 2.24) is 0 Å². The number of fused-ring (bicyclic) bond motifs is 8. The number of anilines is 5. The molecule has 0 unspecified atom stereocenters. The molecule has 0 aliphatic carbocycles. The van der Waals surface area contributed by atoms with Crippen molar-refractivity contribution in [3.05, 3.63) is 139 Å². The van der Waals surface area contributed by atoms with Crippen LogP contribution in [0.15, 0.2) is 127 Å². The number of rotatable bonds is 1. The van der Waals surface area contributed by atoms with Crippen LogP contribution in [0, 0.1) is 0 Å². The summed E-state index contributed by atoms with van der Waals surface area (Å²) in [4.78, 5) is 5.34. The summed E-state index contributed by atoms with van der Waals surface area (Å²) >= 11 is 0. The summed E-state index contributed by atoms with van der Waals surface area (Å²) in [5.41, 5.74) is 17.5. The molecular weight excluding hydrogens is 559 g/mol. The first-order valence-corrected chi connectivity index (χ1v) is 19.2. The summed E-state index contributed by atoms with van der Waals surface area (Å²) in [5.74, 6) is 0. The van der Waals surface area contributed by atoms with E-state index in [4.69, 9.17) is 0 Å². The van der Waals surface area contributed by atoms with E-state index >= 15 is 0 Å². The number of para-hydroxylation sites is 4. The molecule has 0 bridgehead atoms. The second-order valence-corrected chi connectivity index (χ2v) is 18.5. The Morgan fingerprint density at radius 1 is 0.556 bits per heavy atom. The van der Waals surface area contributed by atoms with Crippen LogP contribution in [0.25, 0.3) is 22.3 Å². The van der Waals surface area contributed by atoms with Crippen LogP contribution in [0.2, 0.25) is 13.1 Å². The zero-order chi connectivity index (χ0) is 30.2. The fraction of sp³-hybridized carbons (Fsp3) is 0.122. The summed E-state index contributed by atoms with van der Waals surface area (Å²) < 4.78 is 0. The van der Waals surface area contributed by atoms with Crippen LogP contribution in [-0.4, -0.2) is 14.9 Å². The van der Waals surface area contributed by atoms with Crippen molar-refractivity contribution in [3.63, 3.8) is 0 Å². The molecule has 6 aromatic carbocycles. The molecule has 4 aliphatic rings. The van der Waals surface area contributed by atoms with E-state index in [0.717, 1.165) is 0 Å². The zero-order valence-corrected chi connectivity index (χ0v) is 27.1. The largest absolute Gasteiger partial charge is 0.377 e. The number of nitrogens with zero attached hydrogens (tertiary/aromatic N) is 2. The van der Waals surface area contributed by atoms with Crippen LogP contribution in [0.1, 0.15) is 25.0 Å². The predicted molar refractivity (Wildman–Crippen MR) is 194 cm³/mol. The van der Waals surface area contributed by atoms with E-state index in [1.807, 2.05) is 0 Å². The minimum Gasteiger partial charge on any atom is -0.377 e. The quantitative estimate of drug-likeness (QED) is 0.180. The van der Waals surface area contributed by atoms with E-state index in [2.05, 4.69) is 164 Å². The van der Waals surface area contributed by atoms with Crippen molar-refractivity contribution in [1.29, 1.82) is 0 Å². The number of benzene rings is 6. The van der Waals surface area contributed by atoms with Gasteiger partial charge in [0.05, 0.1) is 5.69 Å². The van der Waals surface area contributed by atoms with Gasteiger partial charge in [-0.3, -0.25) is 0 Å². The molecule has 0 radical (unpaired) electrons. The van der Waals surface area contributed by atoms with Crippen LogP contribution < -0.4 is 31.0 Å². The van der Waals surface area contributed by atoms with Crippen LogP contribution in [0.4, 0.5) is 28.4 Å². The van der Waals surface area contributed by atoms with Crippen LogP contribution in [0.5, 0.6) is 0 Å². The molecule has 0 saturated heterocycles. The number of hydrogen-bond donors (Lipinski definition) is 0. The minimum atomic E-state index is -1.96. The monoisotopic (exact) mass is 592 g/mol. The van der Waals surface area contributed by atoms with Crippen molar-refractivity contribution in [2.45, 2.75) is 32.4 Å². The van der Waals surface area contributed by atoms with Gasteiger partial charge in [0.1, 0.15) is 8.07 Å². The van der Waals surface area contributed by atoms with E-state index < -0.39 is 8.07 Å². The fourth-order valence-electron chi connectivity index (χ4n) is 9.07. The average molecular weight is 593 g/mol. The van der Waals surface area contributed by atoms with Gasteiger partial charge in [-0.05, 0) is 73.4 Å². The molecule has 214 valence electrons. The molecule has 2 nitrogen and oxygen atoms in total. The van der Waals surface area contributed by atoms with E-state index in [1.165, 1.54) is 83.1 Å². The van der Waals surface area contributed by atoms with Gasteiger partial charge < -0.3 is 9.71 Å². The van der Waals surface area contributed by atoms with E-state index in [0.29, 0.717) is 0 Å². The average Bonchev–Trinajstić information content (AvgIpc) is 3.07. The highest BCUT2D eigenvalue weighted by Crippen LogP contribution is 2.55. The smallest absolute Gasteiger partial charge is 0.333 e. The summed E-state index contributed by atoms with van der Waals surface area (Å²) in [7, 11) is -1.96. The van der Waals surface area contributed by atoms with Gasteiger partial charge in [0.2, 0.25) is 0 Å². The first kappa shape index (κ1) is 25.5. The topological polar surface area (TPSA) is 6.48 Å². The number of hydrogen-bond acceptors (Lipinski definition) is 2. The van der Waals surface area contributed by atoms with Crippen LogP contribution in [-0.2, 0) is 5.41 Å². The van der Waals surface area contributed by atoms with Gasteiger partial charge in [-0.2, -0.15) is 0 Å². The molecule has 10 rings (SSSR count). The Morgan fingerprint density at radius 3 is 2.09 bits per heavy atom. The van der Waals surface area contributed by atoms with Gasteiger partial charge in [0, 0.05) is 33.7 Å². The highest BCUT2D eigenvalue weighted by atomic mass is 28.3. The van der Waals surface area contributed by atoms with Crippen molar-refractivity contribution in [2.24, 2.45) is 0 Å². The molecule has 0 spiro atoms. The molecule has 0 saturated carbocycles. The maximum absolute atomic E-state index is 2.73. The van der Waals surface area contributed by atoms with Gasteiger partial charge in [-0.25, -0.2) is 0 Å². The lowest BCUT2D eigenvalue weighted by Gasteiger charge is -2.53. The Morgan fingerprint density at radius 2 is 1.24 bits per heavy atom. The predicted octanol–water partition coefficient (Wildman–Crippen LogP) is 7.84. The van der Waals surface area contributed by atoms with Gasteiger partial charge in [0.25, 0.3) is 0 Å². The van der Waals surface area contributed by atoms with Crippen molar-refractivity contribution in [3.8, 4) is 22.3 Å². The van der Waals surface area contributed by atoms with Gasteiger partial charge in [-0.15, -0.1) is 0 Å². The summed E-state index contributed by atoms with van der Waals surface area (Å²) in [6.07, 6.45) is 0. The SMILES string of the molecule is CC1(C)c2ccccc2N2c3cc(-c4ccccc4)cc4c3B(c3cccc1c32)N1c2ccccc2[Si](C)(C)c2cccc-4c21. The van der Waals surface area contributed by atoms with Crippen LogP contribution in [0.3, 0.4) is 0 Å². The highest BCUT2D eigenvalue weighted by molar-refractivity contribution is 7.05. The van der Waals surface area contributed by atoms with Crippen molar-refractivity contribution < 1.29 is 0 Å². The summed E-state index contributed by atoms with van der Waals surface area (Å²) in [6, 6.07) is 48.4. The summed E-state index contributed by atoms with van der Waals surface area (Å²) in [5, 5.41) is 3.06. The molecule has 4 heteroatoms. The van der Waals surface area contributed by atoms with E-state index in [1.54, 1.807) is 0 Å². The lowest BCUT2D eigenvalue weighted by atomic mass is 9.42. The molecule has 4 aliphatic heterocycles. The maximum Gasteiger partial charge on any atom is 0.333 e. The van der Waals surface area contributed by atoms with Gasteiger partial charge >= 0.3 is 6.85 Å². The minimum absolute atomic E-state index is 0.0759. The van der Waals surface area contributed by atoms with Crippen LogP contribution >= 0.6 is 0 Å². The molecule has 0 N–H and O–H groups in total.